The van der Waals surface area contributed by atoms with Crippen molar-refractivity contribution in [2.24, 2.45) is 0 Å². The van der Waals surface area contributed by atoms with Crippen LogP contribution >= 0.6 is 11.3 Å². The van der Waals surface area contributed by atoms with Crippen LogP contribution in [0.4, 0.5) is 11.5 Å². The number of hydrogen-bond donors (Lipinski definition) is 1. The lowest BCUT2D eigenvalue weighted by molar-refractivity contribution is 0.488. The van der Waals surface area contributed by atoms with Crippen molar-refractivity contribution in [3.8, 4) is 28.1 Å². The average Bonchev–Trinajstić information content (AvgIpc) is 3.35. The number of pyridine rings is 1. The Balaban J connectivity index is 1.27. The predicted octanol–water partition coefficient (Wildman–Crippen LogP) is 7.62. The molecule has 0 spiro atoms. The first kappa shape index (κ1) is 21.7. The number of nitrogens with zero attached hydrogens (tertiary/aromatic N) is 4. The van der Waals surface area contributed by atoms with Gasteiger partial charge in [0.1, 0.15) is 17.2 Å². The number of aromatic nitrogens is 3. The van der Waals surface area contributed by atoms with Crippen molar-refractivity contribution < 1.29 is 4.74 Å². The molecule has 0 saturated heterocycles. The van der Waals surface area contributed by atoms with Gasteiger partial charge in [-0.3, -0.25) is 4.98 Å². The average molecular weight is 486 g/mol. The molecule has 36 heavy (non-hydrogen) atoms. The minimum absolute atomic E-state index is 0.566. The van der Waals surface area contributed by atoms with Gasteiger partial charge in [-0.25, -0.2) is 0 Å². The van der Waals surface area contributed by atoms with Crippen LogP contribution in [0.3, 0.4) is 0 Å². The molecule has 0 unspecified atom stereocenters. The van der Waals surface area contributed by atoms with Gasteiger partial charge in [-0.1, -0.05) is 24.3 Å². The van der Waals surface area contributed by atoms with E-state index in [1.807, 2.05) is 48.5 Å². The molecule has 0 aliphatic heterocycles. The molecule has 0 amide bonds. The van der Waals surface area contributed by atoms with Gasteiger partial charge in [-0.15, -0.1) is 21.5 Å². The van der Waals surface area contributed by atoms with Crippen LogP contribution in [0.15, 0.2) is 90.4 Å². The maximum Gasteiger partial charge on any atom is 0.161 e. The Morgan fingerprint density at radius 1 is 0.889 bits per heavy atom. The van der Waals surface area contributed by atoms with Crippen LogP contribution in [0.1, 0.15) is 11.1 Å². The highest BCUT2D eigenvalue weighted by Crippen LogP contribution is 2.36. The number of ether oxygens (including phenoxy) is 1. The van der Waals surface area contributed by atoms with Gasteiger partial charge in [0.05, 0.1) is 22.0 Å². The van der Waals surface area contributed by atoms with Gasteiger partial charge in [-0.05, 0) is 72.5 Å². The Hall–Kier alpha value is -4.80. The Labute approximate surface area is 211 Å². The van der Waals surface area contributed by atoms with Crippen molar-refractivity contribution in [3.63, 3.8) is 0 Å². The molecule has 0 radical (unpaired) electrons. The van der Waals surface area contributed by atoms with E-state index in [9.17, 15) is 0 Å². The Kier molecular flexibility index (Phi) is 5.49. The third kappa shape index (κ3) is 4.00. The number of nitrogens with one attached hydrogen (secondary N) is 1. The van der Waals surface area contributed by atoms with Gasteiger partial charge in [0.2, 0.25) is 0 Å². The molecular weight excluding hydrogens is 466 g/mol. The molecule has 6 aromatic rings. The highest BCUT2D eigenvalue weighted by molar-refractivity contribution is 7.13. The molecule has 0 aliphatic carbocycles. The summed E-state index contributed by atoms with van der Waals surface area (Å²) in [5, 5.41) is 26.6. The Bertz CT molecular complexity index is 1770. The fourth-order valence-electron chi connectivity index (χ4n) is 4.13. The van der Waals surface area contributed by atoms with Crippen LogP contribution in [-0.2, 0) is 0 Å². The summed E-state index contributed by atoms with van der Waals surface area (Å²) in [5.41, 5.74) is 4.26. The van der Waals surface area contributed by atoms with E-state index in [1.165, 1.54) is 5.56 Å². The molecule has 6 rings (SSSR count). The minimum atomic E-state index is 0.566. The summed E-state index contributed by atoms with van der Waals surface area (Å²) in [7, 11) is 0. The zero-order valence-electron chi connectivity index (χ0n) is 19.3. The van der Waals surface area contributed by atoms with Gasteiger partial charge in [0.25, 0.3) is 0 Å². The van der Waals surface area contributed by atoms with Gasteiger partial charge >= 0.3 is 0 Å². The van der Waals surface area contributed by atoms with Crippen molar-refractivity contribution in [2.45, 2.75) is 6.92 Å². The molecule has 0 aliphatic rings. The molecule has 172 valence electrons. The predicted molar refractivity (Wildman–Crippen MR) is 144 cm³/mol. The quantitative estimate of drug-likeness (QED) is 0.270. The number of hydrogen-bond acceptors (Lipinski definition) is 7. The maximum absolute atomic E-state index is 9.14. The van der Waals surface area contributed by atoms with Crippen LogP contribution in [-0.4, -0.2) is 15.2 Å². The summed E-state index contributed by atoms with van der Waals surface area (Å²) in [5.74, 6) is 2.07. The first-order chi connectivity index (χ1) is 17.7. The van der Waals surface area contributed by atoms with E-state index in [0.717, 1.165) is 37.9 Å². The van der Waals surface area contributed by atoms with Crippen molar-refractivity contribution in [1.82, 2.24) is 15.2 Å². The van der Waals surface area contributed by atoms with Crippen LogP contribution in [0.25, 0.3) is 32.2 Å². The van der Waals surface area contributed by atoms with Gasteiger partial charge in [0.15, 0.2) is 5.82 Å². The zero-order chi connectivity index (χ0) is 24.5. The molecule has 7 heteroatoms. The molecule has 3 heterocycles. The van der Waals surface area contributed by atoms with E-state index in [-0.39, 0.29) is 0 Å². The van der Waals surface area contributed by atoms with Crippen molar-refractivity contribution in [1.29, 1.82) is 5.26 Å². The second-order valence-corrected chi connectivity index (χ2v) is 9.20. The third-order valence-electron chi connectivity index (χ3n) is 5.94. The van der Waals surface area contributed by atoms with Crippen molar-refractivity contribution in [2.75, 3.05) is 5.32 Å². The topological polar surface area (TPSA) is 83.7 Å². The molecule has 0 bridgehead atoms. The molecule has 0 atom stereocenters. The van der Waals surface area contributed by atoms with Gasteiger partial charge < -0.3 is 10.1 Å². The van der Waals surface area contributed by atoms with E-state index < -0.39 is 0 Å². The lowest BCUT2D eigenvalue weighted by Gasteiger charge is -2.12. The summed E-state index contributed by atoms with van der Waals surface area (Å²) < 4.78 is 6.13. The molecule has 0 fully saturated rings. The molecular formula is C29H19N5OS. The van der Waals surface area contributed by atoms with E-state index >= 15 is 0 Å². The number of anilines is 2. The van der Waals surface area contributed by atoms with Crippen LogP contribution in [0.5, 0.6) is 11.5 Å². The lowest BCUT2D eigenvalue weighted by Crippen LogP contribution is -1.99. The number of thiophene rings is 1. The fraction of sp³-hybridized carbons (Fsp3) is 0.0345. The fourth-order valence-corrected chi connectivity index (χ4v) is 5.05. The summed E-state index contributed by atoms with van der Waals surface area (Å²) in [6, 6.07) is 27.3. The molecule has 1 N–H and O–H groups in total. The lowest BCUT2D eigenvalue weighted by atomic mass is 10.1. The van der Waals surface area contributed by atoms with Gasteiger partial charge in [-0.2, -0.15) is 5.26 Å². The zero-order valence-corrected chi connectivity index (χ0v) is 20.1. The largest absolute Gasteiger partial charge is 0.457 e. The molecule has 3 aromatic heterocycles. The van der Waals surface area contributed by atoms with E-state index in [4.69, 9.17) is 10.00 Å². The number of fused-ring (bicyclic) bond motifs is 2. The standard InChI is InChI=1S/C29H19N5OS/c1-18-13-15-36-28(18)27-22-4-2-3-5-23(22)29(34-33-27)32-20-7-9-21(10-8-20)35-26-12-14-31-25-16-19(17-30)6-11-24(25)26/h2-16H,1H3,(H,32,34). The Morgan fingerprint density at radius 2 is 1.72 bits per heavy atom. The van der Waals surface area contributed by atoms with E-state index in [2.05, 4.69) is 57.1 Å². The Morgan fingerprint density at radius 3 is 2.50 bits per heavy atom. The summed E-state index contributed by atoms with van der Waals surface area (Å²) in [4.78, 5) is 5.49. The number of rotatable bonds is 5. The molecule has 6 nitrogen and oxygen atoms in total. The summed E-state index contributed by atoms with van der Waals surface area (Å²) in [6.45, 7) is 2.09. The van der Waals surface area contributed by atoms with Crippen molar-refractivity contribution >= 4 is 44.5 Å². The van der Waals surface area contributed by atoms with E-state index in [1.54, 1.807) is 29.7 Å². The first-order valence-electron chi connectivity index (χ1n) is 11.3. The second kappa shape index (κ2) is 9.10. The number of nitriles is 1. The monoisotopic (exact) mass is 485 g/mol. The summed E-state index contributed by atoms with van der Waals surface area (Å²) in [6.07, 6.45) is 1.68. The number of benzene rings is 3. The highest BCUT2D eigenvalue weighted by Gasteiger charge is 2.14. The SMILES string of the molecule is Cc1ccsc1-c1nnc(Nc2ccc(Oc3ccnc4cc(C#N)ccc34)cc2)c2ccccc12. The molecule has 0 saturated carbocycles. The molecule has 3 aromatic carbocycles. The number of aryl methyl sites for hydroxylation is 1. The summed E-state index contributed by atoms with van der Waals surface area (Å²) >= 11 is 1.68. The maximum atomic E-state index is 9.14. The first-order valence-corrected chi connectivity index (χ1v) is 12.2. The normalized spacial score (nSPS) is 10.9. The van der Waals surface area contributed by atoms with Crippen molar-refractivity contribution in [3.05, 3.63) is 102 Å². The minimum Gasteiger partial charge on any atom is -0.457 e. The highest BCUT2D eigenvalue weighted by atomic mass is 32.1. The third-order valence-corrected chi connectivity index (χ3v) is 6.96. The van der Waals surface area contributed by atoms with Crippen LogP contribution in [0.2, 0.25) is 0 Å². The van der Waals surface area contributed by atoms with Crippen LogP contribution in [0, 0.1) is 18.3 Å². The van der Waals surface area contributed by atoms with Gasteiger partial charge in [0, 0.05) is 28.0 Å². The van der Waals surface area contributed by atoms with E-state index in [0.29, 0.717) is 22.9 Å². The van der Waals surface area contributed by atoms with Crippen LogP contribution < -0.4 is 10.1 Å². The smallest absolute Gasteiger partial charge is 0.161 e. The second-order valence-electron chi connectivity index (χ2n) is 8.28.